The summed E-state index contributed by atoms with van der Waals surface area (Å²) in [7, 11) is 0. The smallest absolute Gasteiger partial charge is 0.330 e. The summed E-state index contributed by atoms with van der Waals surface area (Å²) in [5, 5.41) is 0. The van der Waals surface area contributed by atoms with Gasteiger partial charge in [-0.2, -0.15) is 0 Å². The maximum Gasteiger partial charge on any atom is 0.330 e. The molecule has 1 aromatic heterocycles. The van der Waals surface area contributed by atoms with Crippen molar-refractivity contribution >= 4 is 17.9 Å². The van der Waals surface area contributed by atoms with Crippen LogP contribution in [0.3, 0.4) is 0 Å². The van der Waals surface area contributed by atoms with E-state index in [-0.39, 0.29) is 5.97 Å². The summed E-state index contributed by atoms with van der Waals surface area (Å²) in [4.78, 5) is 15.0. The molecule has 0 saturated carbocycles. The number of carbonyl (C=O) groups is 1. The van der Waals surface area contributed by atoms with Gasteiger partial charge >= 0.3 is 5.97 Å². The molecule has 0 radical (unpaired) electrons. The fourth-order valence-electron chi connectivity index (χ4n) is 1.11. The van der Waals surface area contributed by atoms with E-state index < -0.39 is 0 Å². The molecule has 0 spiro atoms. The van der Waals surface area contributed by atoms with Crippen LogP contribution in [-0.2, 0) is 9.53 Å². The number of hydrogen-bond acceptors (Lipinski definition) is 4. The molecule has 0 atom stereocenters. The van der Waals surface area contributed by atoms with Crippen LogP contribution in [0.1, 0.15) is 18.1 Å². The summed E-state index contributed by atoms with van der Waals surface area (Å²) < 4.78 is 4.76. The van der Waals surface area contributed by atoms with Crippen LogP contribution in [0, 0.1) is 6.92 Å². The molecule has 0 fully saturated rings. The van der Waals surface area contributed by atoms with E-state index in [1.807, 2.05) is 6.92 Å². The summed E-state index contributed by atoms with van der Waals surface area (Å²) in [6.07, 6.45) is 4.67. The van der Waals surface area contributed by atoms with Gasteiger partial charge in [0.25, 0.3) is 0 Å². The molecule has 0 unspecified atom stereocenters. The van der Waals surface area contributed by atoms with Crippen LogP contribution in [0.5, 0.6) is 0 Å². The second kappa shape index (κ2) is 5.14. The van der Waals surface area contributed by atoms with Crippen molar-refractivity contribution in [2.45, 2.75) is 13.8 Å². The van der Waals surface area contributed by atoms with Crippen molar-refractivity contribution in [3.05, 3.63) is 29.5 Å². The number of pyridine rings is 1. The Hall–Kier alpha value is -1.84. The van der Waals surface area contributed by atoms with E-state index in [1.165, 1.54) is 6.08 Å². The number of carbonyl (C=O) groups excluding carboxylic acids is 1. The lowest BCUT2D eigenvalue weighted by atomic mass is 10.1. The van der Waals surface area contributed by atoms with Gasteiger partial charge in [-0.05, 0) is 37.1 Å². The van der Waals surface area contributed by atoms with Gasteiger partial charge in [-0.15, -0.1) is 0 Å². The molecule has 1 rings (SSSR count). The monoisotopic (exact) mass is 206 g/mol. The highest BCUT2D eigenvalue weighted by atomic mass is 16.5. The largest absolute Gasteiger partial charge is 0.463 e. The van der Waals surface area contributed by atoms with Gasteiger partial charge in [-0.25, -0.2) is 9.78 Å². The number of nitrogen functional groups attached to an aromatic ring is 1. The van der Waals surface area contributed by atoms with E-state index in [9.17, 15) is 4.79 Å². The first-order valence-electron chi connectivity index (χ1n) is 4.70. The number of nitrogens with zero attached hydrogens (tertiary/aromatic N) is 1. The Morgan fingerprint density at radius 3 is 3.00 bits per heavy atom. The van der Waals surface area contributed by atoms with Gasteiger partial charge in [0, 0.05) is 12.3 Å². The standard InChI is InChI=1S/C11H14N2O2/c1-3-15-11(14)5-4-9-7-13-10(12)6-8(9)2/h4-7H,3H2,1-2H3,(H2,12,13)/b5-4+. The van der Waals surface area contributed by atoms with Crippen LogP contribution < -0.4 is 5.73 Å². The van der Waals surface area contributed by atoms with Crippen LogP contribution in [-0.4, -0.2) is 17.6 Å². The Morgan fingerprint density at radius 2 is 2.40 bits per heavy atom. The second-order valence-electron chi connectivity index (χ2n) is 3.05. The second-order valence-corrected chi connectivity index (χ2v) is 3.05. The molecular weight excluding hydrogens is 192 g/mol. The van der Waals surface area contributed by atoms with Gasteiger partial charge in [0.05, 0.1) is 6.61 Å². The summed E-state index contributed by atoms with van der Waals surface area (Å²) in [6, 6.07) is 1.75. The lowest BCUT2D eigenvalue weighted by Crippen LogP contribution is -1.99. The third-order valence-electron chi connectivity index (χ3n) is 1.86. The van der Waals surface area contributed by atoms with Crippen molar-refractivity contribution in [3.63, 3.8) is 0 Å². The number of aryl methyl sites for hydroxylation is 1. The minimum Gasteiger partial charge on any atom is -0.463 e. The highest BCUT2D eigenvalue weighted by Crippen LogP contribution is 2.10. The average Bonchev–Trinajstić information content (AvgIpc) is 2.17. The van der Waals surface area contributed by atoms with Crippen molar-refractivity contribution in [1.82, 2.24) is 4.98 Å². The molecule has 0 aliphatic carbocycles. The molecule has 1 aromatic rings. The average molecular weight is 206 g/mol. The predicted octanol–water partition coefficient (Wildman–Crippen LogP) is 1.55. The zero-order valence-electron chi connectivity index (χ0n) is 8.86. The van der Waals surface area contributed by atoms with Crippen molar-refractivity contribution in [1.29, 1.82) is 0 Å². The number of aromatic nitrogens is 1. The molecule has 0 aliphatic heterocycles. The fraction of sp³-hybridized carbons (Fsp3) is 0.273. The van der Waals surface area contributed by atoms with E-state index in [4.69, 9.17) is 10.5 Å². The summed E-state index contributed by atoms with van der Waals surface area (Å²) >= 11 is 0. The third kappa shape index (κ3) is 3.42. The lowest BCUT2D eigenvalue weighted by molar-refractivity contribution is -0.137. The minimum atomic E-state index is -0.353. The van der Waals surface area contributed by atoms with Gasteiger partial charge in [0.2, 0.25) is 0 Å². The molecule has 0 saturated heterocycles. The number of esters is 1. The molecule has 4 nitrogen and oxygen atoms in total. The zero-order valence-corrected chi connectivity index (χ0v) is 8.86. The molecule has 1 heterocycles. The number of hydrogen-bond donors (Lipinski definition) is 1. The van der Waals surface area contributed by atoms with E-state index in [1.54, 1.807) is 25.3 Å². The van der Waals surface area contributed by atoms with Gasteiger partial charge in [0.1, 0.15) is 5.82 Å². The molecule has 0 aromatic carbocycles. The number of nitrogens with two attached hydrogens (primary N) is 1. The molecule has 4 heteroatoms. The topological polar surface area (TPSA) is 65.2 Å². The van der Waals surface area contributed by atoms with Gasteiger partial charge in [-0.1, -0.05) is 0 Å². The first-order chi connectivity index (χ1) is 7.13. The molecule has 0 bridgehead atoms. The highest BCUT2D eigenvalue weighted by molar-refractivity contribution is 5.87. The SMILES string of the molecule is CCOC(=O)/C=C/c1cnc(N)cc1C. The van der Waals surface area contributed by atoms with Crippen LogP contribution in [0.15, 0.2) is 18.3 Å². The normalized spacial score (nSPS) is 10.5. The van der Waals surface area contributed by atoms with E-state index in [0.717, 1.165) is 11.1 Å². The third-order valence-corrected chi connectivity index (χ3v) is 1.86. The lowest BCUT2D eigenvalue weighted by Gasteiger charge is -2.00. The summed E-state index contributed by atoms with van der Waals surface area (Å²) in [5.41, 5.74) is 7.34. The Bertz CT molecular complexity index is 386. The Labute approximate surface area is 88.8 Å². The van der Waals surface area contributed by atoms with Crippen LogP contribution in [0.4, 0.5) is 5.82 Å². The van der Waals surface area contributed by atoms with Crippen molar-refractivity contribution < 1.29 is 9.53 Å². The van der Waals surface area contributed by atoms with Crippen molar-refractivity contribution in [2.24, 2.45) is 0 Å². The molecular formula is C11H14N2O2. The Kier molecular flexibility index (Phi) is 3.85. The number of anilines is 1. The van der Waals surface area contributed by atoms with E-state index in [0.29, 0.717) is 12.4 Å². The predicted molar refractivity (Wildman–Crippen MR) is 59.1 cm³/mol. The zero-order chi connectivity index (χ0) is 11.3. The van der Waals surface area contributed by atoms with E-state index in [2.05, 4.69) is 4.98 Å². The Morgan fingerprint density at radius 1 is 1.67 bits per heavy atom. The maximum atomic E-state index is 11.0. The van der Waals surface area contributed by atoms with Crippen LogP contribution >= 0.6 is 0 Å². The molecule has 80 valence electrons. The minimum absolute atomic E-state index is 0.353. The van der Waals surface area contributed by atoms with Crippen LogP contribution in [0.2, 0.25) is 0 Å². The molecule has 0 aliphatic rings. The van der Waals surface area contributed by atoms with Crippen molar-refractivity contribution in [3.8, 4) is 0 Å². The van der Waals surface area contributed by atoms with Gasteiger partial charge in [0.15, 0.2) is 0 Å². The van der Waals surface area contributed by atoms with Gasteiger partial charge in [-0.3, -0.25) is 0 Å². The number of rotatable bonds is 3. The quantitative estimate of drug-likeness (QED) is 0.602. The summed E-state index contributed by atoms with van der Waals surface area (Å²) in [5.74, 6) is 0.120. The first-order valence-corrected chi connectivity index (χ1v) is 4.70. The molecule has 15 heavy (non-hydrogen) atoms. The van der Waals surface area contributed by atoms with Gasteiger partial charge < -0.3 is 10.5 Å². The fourth-order valence-corrected chi connectivity index (χ4v) is 1.11. The Balaban J connectivity index is 2.76. The number of ether oxygens (including phenoxy) is 1. The van der Waals surface area contributed by atoms with Crippen molar-refractivity contribution in [2.75, 3.05) is 12.3 Å². The maximum absolute atomic E-state index is 11.0. The summed E-state index contributed by atoms with van der Waals surface area (Å²) in [6.45, 7) is 4.05. The molecule has 2 N–H and O–H groups in total. The molecule has 0 amide bonds. The highest BCUT2D eigenvalue weighted by Gasteiger charge is 1.98. The van der Waals surface area contributed by atoms with Crippen LogP contribution in [0.25, 0.3) is 6.08 Å². The first kappa shape index (κ1) is 11.2. The van der Waals surface area contributed by atoms with E-state index >= 15 is 0 Å².